The van der Waals surface area contributed by atoms with Crippen LogP contribution < -0.4 is 5.32 Å². The fourth-order valence-corrected chi connectivity index (χ4v) is 3.40. The van der Waals surface area contributed by atoms with Gasteiger partial charge in [0.25, 0.3) is 5.91 Å². The maximum absolute atomic E-state index is 13.1. The van der Waals surface area contributed by atoms with Gasteiger partial charge in [0.1, 0.15) is 0 Å². The molecule has 0 fully saturated rings. The molecule has 0 radical (unpaired) electrons. The van der Waals surface area contributed by atoms with Crippen molar-refractivity contribution in [1.29, 1.82) is 0 Å². The number of benzene rings is 1. The molecule has 6 nitrogen and oxygen atoms in total. The summed E-state index contributed by atoms with van der Waals surface area (Å²) in [5.74, 6) is -0.0672. The standard InChI is InChI=1S/C22H29N5O/c1-5-26(6-2)14-16(4)24-22(28)19-12-21(17-13-23-27(7-3)15-17)25-20-11-9-8-10-18(19)20/h8-13,15-16H,5-7,14H2,1-4H3,(H,24,28). The quantitative estimate of drug-likeness (QED) is 0.650. The van der Waals surface area contributed by atoms with Gasteiger partial charge in [-0.05, 0) is 39.1 Å². The zero-order valence-electron chi connectivity index (χ0n) is 17.1. The van der Waals surface area contributed by atoms with Crippen molar-refractivity contribution in [3.63, 3.8) is 0 Å². The SMILES string of the molecule is CCN(CC)CC(C)NC(=O)c1cc(-c2cnn(CC)c2)nc2ccccc12. The molecule has 0 aliphatic heterocycles. The minimum atomic E-state index is -0.0672. The Morgan fingerprint density at radius 1 is 1.21 bits per heavy atom. The van der Waals surface area contributed by atoms with E-state index in [1.807, 2.05) is 55.1 Å². The van der Waals surface area contributed by atoms with Crippen molar-refractivity contribution >= 4 is 16.8 Å². The molecular formula is C22H29N5O. The number of hydrogen-bond donors (Lipinski definition) is 1. The Hall–Kier alpha value is -2.73. The first-order valence-corrected chi connectivity index (χ1v) is 10.0. The van der Waals surface area contributed by atoms with Gasteiger partial charge in [-0.3, -0.25) is 9.48 Å². The first-order valence-electron chi connectivity index (χ1n) is 10.0. The van der Waals surface area contributed by atoms with Gasteiger partial charge in [-0.1, -0.05) is 32.0 Å². The third-order valence-electron chi connectivity index (χ3n) is 5.02. The summed E-state index contributed by atoms with van der Waals surface area (Å²) in [7, 11) is 0. The third kappa shape index (κ3) is 4.39. The van der Waals surface area contributed by atoms with E-state index in [1.54, 1.807) is 6.20 Å². The number of carbonyl (C=O) groups is 1. The lowest BCUT2D eigenvalue weighted by molar-refractivity contribution is 0.0932. The third-order valence-corrected chi connectivity index (χ3v) is 5.02. The van der Waals surface area contributed by atoms with E-state index < -0.39 is 0 Å². The summed E-state index contributed by atoms with van der Waals surface area (Å²) in [6.07, 6.45) is 3.76. The highest BCUT2D eigenvalue weighted by Gasteiger charge is 2.17. The number of carbonyl (C=O) groups excluding carboxylic acids is 1. The highest BCUT2D eigenvalue weighted by Crippen LogP contribution is 2.24. The number of likely N-dealkylation sites (N-methyl/N-ethyl adjacent to an activating group) is 1. The minimum Gasteiger partial charge on any atom is -0.348 e. The number of aryl methyl sites for hydroxylation is 1. The van der Waals surface area contributed by atoms with Crippen molar-refractivity contribution in [2.24, 2.45) is 0 Å². The van der Waals surface area contributed by atoms with Gasteiger partial charge >= 0.3 is 0 Å². The highest BCUT2D eigenvalue weighted by atomic mass is 16.1. The largest absolute Gasteiger partial charge is 0.348 e. The molecule has 1 aromatic carbocycles. The fourth-order valence-electron chi connectivity index (χ4n) is 3.40. The fraction of sp³-hybridized carbons (Fsp3) is 0.409. The van der Waals surface area contributed by atoms with E-state index >= 15 is 0 Å². The summed E-state index contributed by atoms with van der Waals surface area (Å²) >= 11 is 0. The molecule has 3 rings (SSSR count). The first-order chi connectivity index (χ1) is 13.5. The van der Waals surface area contributed by atoms with Crippen LogP contribution >= 0.6 is 0 Å². The highest BCUT2D eigenvalue weighted by molar-refractivity contribution is 6.07. The van der Waals surface area contributed by atoms with Crippen molar-refractivity contribution in [1.82, 2.24) is 25.0 Å². The van der Waals surface area contributed by atoms with E-state index in [2.05, 4.69) is 29.2 Å². The van der Waals surface area contributed by atoms with Gasteiger partial charge in [0, 0.05) is 36.3 Å². The number of rotatable bonds is 8. The van der Waals surface area contributed by atoms with Crippen molar-refractivity contribution in [2.75, 3.05) is 19.6 Å². The Morgan fingerprint density at radius 3 is 2.64 bits per heavy atom. The number of aromatic nitrogens is 3. The molecule has 0 bridgehead atoms. The maximum atomic E-state index is 13.1. The van der Waals surface area contributed by atoms with Crippen molar-refractivity contribution in [2.45, 2.75) is 40.3 Å². The first kappa shape index (κ1) is 20.0. The molecule has 2 heterocycles. The van der Waals surface area contributed by atoms with Gasteiger partial charge in [-0.2, -0.15) is 5.10 Å². The summed E-state index contributed by atoms with van der Waals surface area (Å²) in [6, 6.07) is 9.71. The second-order valence-corrected chi connectivity index (χ2v) is 7.02. The summed E-state index contributed by atoms with van der Waals surface area (Å²) in [5.41, 5.74) is 3.14. The Kier molecular flexibility index (Phi) is 6.41. The minimum absolute atomic E-state index is 0.0608. The van der Waals surface area contributed by atoms with Crippen LogP contribution in [0.2, 0.25) is 0 Å². The number of para-hydroxylation sites is 1. The normalized spacial score (nSPS) is 12.5. The predicted molar refractivity (Wildman–Crippen MR) is 113 cm³/mol. The van der Waals surface area contributed by atoms with Gasteiger partial charge in [0.2, 0.25) is 0 Å². The number of nitrogens with zero attached hydrogens (tertiary/aromatic N) is 4. The second-order valence-electron chi connectivity index (χ2n) is 7.02. The van der Waals surface area contributed by atoms with Crippen LogP contribution in [0.5, 0.6) is 0 Å². The van der Waals surface area contributed by atoms with Crippen LogP contribution in [0.3, 0.4) is 0 Å². The molecule has 1 amide bonds. The van der Waals surface area contributed by atoms with Gasteiger partial charge in [0.15, 0.2) is 0 Å². The molecule has 0 aliphatic carbocycles. The molecule has 1 unspecified atom stereocenters. The van der Waals surface area contributed by atoms with Gasteiger partial charge in [0.05, 0.1) is 23.0 Å². The maximum Gasteiger partial charge on any atom is 0.252 e. The average Bonchev–Trinajstić information content (AvgIpc) is 3.20. The van der Waals surface area contributed by atoms with Crippen LogP contribution in [0.1, 0.15) is 38.1 Å². The van der Waals surface area contributed by atoms with Gasteiger partial charge < -0.3 is 10.2 Å². The average molecular weight is 380 g/mol. The summed E-state index contributed by atoms with van der Waals surface area (Å²) in [6.45, 7) is 11.9. The molecule has 3 aromatic rings. The number of hydrogen-bond acceptors (Lipinski definition) is 4. The van der Waals surface area contributed by atoms with Gasteiger partial charge in [-0.25, -0.2) is 4.98 Å². The Morgan fingerprint density at radius 2 is 1.96 bits per heavy atom. The van der Waals surface area contributed by atoms with Crippen molar-refractivity contribution in [3.8, 4) is 11.3 Å². The molecule has 0 saturated heterocycles. The Labute approximate surface area is 166 Å². The zero-order valence-corrected chi connectivity index (χ0v) is 17.1. The molecule has 2 aromatic heterocycles. The van der Waals surface area contributed by atoms with E-state index in [1.165, 1.54) is 0 Å². The number of amides is 1. The Bertz CT molecular complexity index is 945. The van der Waals surface area contributed by atoms with Crippen molar-refractivity contribution in [3.05, 3.63) is 48.3 Å². The second kappa shape index (κ2) is 8.97. The Balaban J connectivity index is 1.93. The molecule has 0 spiro atoms. The van der Waals surface area contributed by atoms with Gasteiger partial charge in [-0.15, -0.1) is 0 Å². The van der Waals surface area contributed by atoms with E-state index in [0.717, 1.165) is 48.3 Å². The van der Waals surface area contributed by atoms with Crippen LogP contribution in [-0.4, -0.2) is 51.2 Å². The van der Waals surface area contributed by atoms with E-state index in [4.69, 9.17) is 4.98 Å². The summed E-state index contributed by atoms with van der Waals surface area (Å²) < 4.78 is 1.86. The molecule has 6 heteroatoms. The molecular weight excluding hydrogens is 350 g/mol. The van der Waals surface area contributed by atoms with Crippen LogP contribution in [-0.2, 0) is 6.54 Å². The van der Waals surface area contributed by atoms with Crippen LogP contribution in [0.25, 0.3) is 22.2 Å². The molecule has 1 atom stereocenters. The molecule has 1 N–H and O–H groups in total. The van der Waals surface area contributed by atoms with Crippen LogP contribution in [0.15, 0.2) is 42.7 Å². The molecule has 148 valence electrons. The predicted octanol–water partition coefficient (Wildman–Crippen LogP) is 3.58. The zero-order chi connectivity index (χ0) is 20.1. The number of pyridine rings is 1. The monoisotopic (exact) mass is 379 g/mol. The summed E-state index contributed by atoms with van der Waals surface area (Å²) in [5, 5.41) is 8.35. The summed E-state index contributed by atoms with van der Waals surface area (Å²) in [4.78, 5) is 20.1. The van der Waals surface area contributed by atoms with Crippen molar-refractivity contribution < 1.29 is 4.79 Å². The lowest BCUT2D eigenvalue weighted by Crippen LogP contribution is -2.42. The number of nitrogens with one attached hydrogen (secondary N) is 1. The van der Waals surface area contributed by atoms with E-state index in [0.29, 0.717) is 5.56 Å². The lowest BCUT2D eigenvalue weighted by atomic mass is 10.0. The molecule has 28 heavy (non-hydrogen) atoms. The van der Waals surface area contributed by atoms with E-state index in [9.17, 15) is 4.79 Å². The molecule has 0 saturated carbocycles. The number of fused-ring (bicyclic) bond motifs is 1. The van der Waals surface area contributed by atoms with Crippen LogP contribution in [0.4, 0.5) is 0 Å². The lowest BCUT2D eigenvalue weighted by Gasteiger charge is -2.23. The van der Waals surface area contributed by atoms with Crippen LogP contribution in [0, 0.1) is 0 Å². The van der Waals surface area contributed by atoms with E-state index in [-0.39, 0.29) is 11.9 Å². The topological polar surface area (TPSA) is 63.1 Å². The molecule has 0 aliphatic rings. The smallest absolute Gasteiger partial charge is 0.252 e.